The van der Waals surface area contributed by atoms with Crippen molar-refractivity contribution in [3.05, 3.63) is 65.5 Å². The Bertz CT molecular complexity index is 871. The predicted molar refractivity (Wildman–Crippen MR) is 93.4 cm³/mol. The van der Waals surface area contributed by atoms with Crippen molar-refractivity contribution in [1.82, 2.24) is 15.1 Å². The molecule has 1 amide bonds. The maximum Gasteiger partial charge on any atom is 0.292 e. The highest BCUT2D eigenvalue weighted by atomic mass is 19.1. The van der Waals surface area contributed by atoms with Gasteiger partial charge in [-0.15, -0.1) is 0 Å². The fourth-order valence-electron chi connectivity index (χ4n) is 2.29. The molecule has 0 saturated heterocycles. The third-order valence-electron chi connectivity index (χ3n) is 3.44. The standard InChI is InChI=1S/C18H19FN4O3/c1-23(2)10-13-9-17(22-21-13)20-18(24)16-8-7-15(26-16)11-25-14-5-3-12(19)4-6-14/h3-9H,10-11H2,1-2H3,(H2,20,21,22,24). The quantitative estimate of drug-likeness (QED) is 0.678. The van der Waals surface area contributed by atoms with Gasteiger partial charge in [0.25, 0.3) is 5.91 Å². The molecule has 0 saturated carbocycles. The molecule has 0 fully saturated rings. The maximum absolute atomic E-state index is 12.9. The van der Waals surface area contributed by atoms with Crippen molar-refractivity contribution in [3.63, 3.8) is 0 Å². The first-order valence-corrected chi connectivity index (χ1v) is 7.97. The second-order valence-corrected chi connectivity index (χ2v) is 5.98. The Kier molecular flexibility index (Phi) is 5.33. The number of amides is 1. The van der Waals surface area contributed by atoms with Crippen LogP contribution in [0, 0.1) is 5.82 Å². The summed E-state index contributed by atoms with van der Waals surface area (Å²) in [5.41, 5.74) is 0.887. The molecule has 7 nitrogen and oxygen atoms in total. The van der Waals surface area contributed by atoms with Crippen molar-refractivity contribution in [2.75, 3.05) is 19.4 Å². The van der Waals surface area contributed by atoms with Crippen LogP contribution >= 0.6 is 0 Å². The van der Waals surface area contributed by atoms with E-state index in [1.807, 2.05) is 19.0 Å². The largest absolute Gasteiger partial charge is 0.486 e. The van der Waals surface area contributed by atoms with E-state index in [1.54, 1.807) is 18.2 Å². The van der Waals surface area contributed by atoms with Gasteiger partial charge in [0.1, 0.15) is 23.9 Å². The van der Waals surface area contributed by atoms with Gasteiger partial charge in [0.05, 0.1) is 5.69 Å². The fourth-order valence-corrected chi connectivity index (χ4v) is 2.29. The van der Waals surface area contributed by atoms with Gasteiger partial charge >= 0.3 is 0 Å². The number of halogens is 1. The number of carbonyl (C=O) groups is 1. The number of furan rings is 1. The van der Waals surface area contributed by atoms with Gasteiger partial charge in [0, 0.05) is 12.6 Å². The van der Waals surface area contributed by atoms with Crippen LogP contribution in [-0.2, 0) is 13.2 Å². The van der Waals surface area contributed by atoms with Gasteiger partial charge in [0.2, 0.25) is 0 Å². The summed E-state index contributed by atoms with van der Waals surface area (Å²) in [5.74, 6) is 0.836. The molecule has 0 aliphatic heterocycles. The highest BCUT2D eigenvalue weighted by molar-refractivity contribution is 6.01. The van der Waals surface area contributed by atoms with Crippen molar-refractivity contribution < 1.29 is 18.3 Å². The van der Waals surface area contributed by atoms with Gasteiger partial charge in [0.15, 0.2) is 11.6 Å². The molecule has 3 rings (SSSR count). The number of benzene rings is 1. The van der Waals surface area contributed by atoms with Crippen LogP contribution in [0.25, 0.3) is 0 Å². The second-order valence-electron chi connectivity index (χ2n) is 5.98. The molecule has 0 unspecified atom stereocenters. The van der Waals surface area contributed by atoms with Gasteiger partial charge in [-0.2, -0.15) is 5.10 Å². The summed E-state index contributed by atoms with van der Waals surface area (Å²) in [6, 6.07) is 10.6. The first kappa shape index (κ1) is 17.7. The van der Waals surface area contributed by atoms with E-state index < -0.39 is 5.91 Å². The average Bonchev–Trinajstić information content (AvgIpc) is 3.23. The van der Waals surface area contributed by atoms with E-state index in [0.29, 0.717) is 23.9 Å². The molecule has 0 radical (unpaired) electrons. The van der Waals surface area contributed by atoms with Crippen LogP contribution in [0.4, 0.5) is 10.2 Å². The van der Waals surface area contributed by atoms with Crippen LogP contribution in [0.15, 0.2) is 46.9 Å². The lowest BCUT2D eigenvalue weighted by Crippen LogP contribution is -2.11. The highest BCUT2D eigenvalue weighted by Crippen LogP contribution is 2.16. The molecule has 0 bridgehead atoms. The van der Waals surface area contributed by atoms with Crippen LogP contribution in [0.2, 0.25) is 0 Å². The molecular formula is C18H19FN4O3. The lowest BCUT2D eigenvalue weighted by molar-refractivity contribution is 0.0992. The minimum absolute atomic E-state index is 0.133. The van der Waals surface area contributed by atoms with E-state index in [9.17, 15) is 9.18 Å². The van der Waals surface area contributed by atoms with Gasteiger partial charge in [-0.1, -0.05) is 0 Å². The zero-order chi connectivity index (χ0) is 18.5. The molecule has 26 heavy (non-hydrogen) atoms. The molecule has 0 aliphatic carbocycles. The molecule has 3 aromatic rings. The van der Waals surface area contributed by atoms with Crippen molar-refractivity contribution in [2.24, 2.45) is 0 Å². The summed E-state index contributed by atoms with van der Waals surface area (Å²) in [6.45, 7) is 0.822. The maximum atomic E-state index is 12.9. The smallest absolute Gasteiger partial charge is 0.292 e. The molecule has 8 heteroatoms. The molecule has 0 spiro atoms. The Balaban J connectivity index is 1.55. The molecule has 0 aliphatic rings. The number of H-pyrrole nitrogens is 1. The van der Waals surface area contributed by atoms with E-state index in [0.717, 1.165) is 5.69 Å². The Hall–Kier alpha value is -3.13. The van der Waals surface area contributed by atoms with Crippen LogP contribution in [0.1, 0.15) is 22.0 Å². The number of aromatic amines is 1. The number of nitrogens with one attached hydrogen (secondary N) is 2. The summed E-state index contributed by atoms with van der Waals surface area (Å²) in [5, 5.41) is 9.57. The Morgan fingerprint density at radius 1 is 1.27 bits per heavy atom. The molecule has 0 atom stereocenters. The van der Waals surface area contributed by atoms with Crippen LogP contribution < -0.4 is 10.1 Å². The van der Waals surface area contributed by atoms with Crippen LogP contribution in [-0.4, -0.2) is 35.1 Å². The zero-order valence-corrected chi connectivity index (χ0v) is 14.5. The number of anilines is 1. The van der Waals surface area contributed by atoms with Gasteiger partial charge < -0.3 is 19.4 Å². The summed E-state index contributed by atoms with van der Waals surface area (Å²) in [7, 11) is 3.88. The van der Waals surface area contributed by atoms with Crippen LogP contribution in [0.5, 0.6) is 5.75 Å². The number of rotatable bonds is 7. The molecular weight excluding hydrogens is 339 g/mol. The van der Waals surface area contributed by atoms with E-state index in [2.05, 4.69) is 15.5 Å². The van der Waals surface area contributed by atoms with Gasteiger partial charge in [-0.05, 0) is 50.5 Å². The lowest BCUT2D eigenvalue weighted by atomic mass is 10.3. The highest BCUT2D eigenvalue weighted by Gasteiger charge is 2.13. The van der Waals surface area contributed by atoms with E-state index in [4.69, 9.17) is 9.15 Å². The normalized spacial score (nSPS) is 10.9. The van der Waals surface area contributed by atoms with E-state index in [-0.39, 0.29) is 18.2 Å². The molecule has 1 aromatic carbocycles. The first-order chi connectivity index (χ1) is 12.5. The predicted octanol–water partition coefficient (Wildman–Crippen LogP) is 3.03. The monoisotopic (exact) mass is 358 g/mol. The topological polar surface area (TPSA) is 83.4 Å². The fraction of sp³-hybridized carbons (Fsp3) is 0.222. The van der Waals surface area contributed by atoms with Crippen molar-refractivity contribution in [1.29, 1.82) is 0 Å². The number of hydrogen-bond donors (Lipinski definition) is 2. The summed E-state index contributed by atoms with van der Waals surface area (Å²) in [4.78, 5) is 14.2. The first-order valence-electron chi connectivity index (χ1n) is 7.97. The summed E-state index contributed by atoms with van der Waals surface area (Å²) in [6.07, 6.45) is 0. The van der Waals surface area contributed by atoms with Gasteiger partial charge in [-0.3, -0.25) is 9.89 Å². The molecule has 2 aromatic heterocycles. The van der Waals surface area contributed by atoms with Crippen LogP contribution in [0.3, 0.4) is 0 Å². The summed E-state index contributed by atoms with van der Waals surface area (Å²) < 4.78 is 23.8. The number of hydrogen-bond acceptors (Lipinski definition) is 5. The number of aromatic nitrogens is 2. The molecule has 2 heterocycles. The van der Waals surface area contributed by atoms with Crippen molar-refractivity contribution >= 4 is 11.7 Å². The Morgan fingerprint density at radius 3 is 2.77 bits per heavy atom. The zero-order valence-electron chi connectivity index (χ0n) is 14.5. The van der Waals surface area contributed by atoms with Crippen molar-refractivity contribution in [3.8, 4) is 5.75 Å². The second kappa shape index (κ2) is 7.83. The number of nitrogens with zero attached hydrogens (tertiary/aromatic N) is 2. The van der Waals surface area contributed by atoms with Crippen molar-refractivity contribution in [2.45, 2.75) is 13.2 Å². The number of carbonyl (C=O) groups excluding carboxylic acids is 1. The Morgan fingerprint density at radius 2 is 2.04 bits per heavy atom. The SMILES string of the molecule is CN(C)Cc1cc(NC(=O)c2ccc(COc3ccc(F)cc3)o2)n[nH]1. The Labute approximate surface area is 149 Å². The van der Waals surface area contributed by atoms with E-state index >= 15 is 0 Å². The molecule has 136 valence electrons. The minimum Gasteiger partial charge on any atom is -0.486 e. The van der Waals surface area contributed by atoms with E-state index in [1.165, 1.54) is 24.3 Å². The minimum atomic E-state index is -0.402. The lowest BCUT2D eigenvalue weighted by Gasteiger charge is -2.05. The molecule has 2 N–H and O–H groups in total. The summed E-state index contributed by atoms with van der Waals surface area (Å²) >= 11 is 0. The van der Waals surface area contributed by atoms with Gasteiger partial charge in [-0.25, -0.2) is 4.39 Å². The third-order valence-corrected chi connectivity index (χ3v) is 3.44. The number of ether oxygens (including phenoxy) is 1. The third kappa shape index (κ3) is 4.70. The average molecular weight is 358 g/mol.